The molecule has 1 saturated heterocycles. The van der Waals surface area contributed by atoms with Gasteiger partial charge in [-0.2, -0.15) is 0 Å². The summed E-state index contributed by atoms with van der Waals surface area (Å²) in [5.41, 5.74) is 0. The van der Waals surface area contributed by atoms with Crippen LogP contribution in [-0.4, -0.2) is 18.4 Å². The fourth-order valence-electron chi connectivity index (χ4n) is 0.584. The second-order valence-electron chi connectivity index (χ2n) is 2.05. The molecule has 0 saturated carbocycles. The maximum absolute atomic E-state index is 10.6. The third-order valence-electron chi connectivity index (χ3n) is 1.25. The molecule has 3 nitrogen and oxygen atoms in total. The minimum Gasteiger partial charge on any atom is -0.432 e. The predicted octanol–water partition coefficient (Wildman–Crippen LogP) is 0.850. The lowest BCUT2D eigenvalue weighted by molar-refractivity contribution is -0.148. The largest absolute Gasteiger partial charge is 0.432 e. The molecule has 1 rings (SSSR count). The molecule has 10 heavy (non-hydrogen) atoms. The minimum atomic E-state index is -0.357. The van der Waals surface area contributed by atoms with Crippen molar-refractivity contribution in [2.75, 3.05) is 0 Å². The summed E-state index contributed by atoms with van der Waals surface area (Å²) in [7, 11) is 0. The molecule has 0 aromatic rings. The van der Waals surface area contributed by atoms with E-state index in [0.717, 1.165) is 0 Å². The number of carbonyl (C=O) groups excluding carboxylic acids is 1. The van der Waals surface area contributed by atoms with E-state index in [1.807, 2.05) is 0 Å². The minimum absolute atomic E-state index is 0.0736. The van der Waals surface area contributed by atoms with Crippen molar-refractivity contribution < 1.29 is 14.3 Å². The fraction of sp³-hybridized carbons (Fsp3) is 0.571. The fourth-order valence-corrected chi connectivity index (χ4v) is 0.584. The van der Waals surface area contributed by atoms with Crippen LogP contribution in [0.4, 0.5) is 0 Å². The van der Waals surface area contributed by atoms with E-state index in [9.17, 15) is 4.79 Å². The number of rotatable bonds is 3. The first-order chi connectivity index (χ1) is 4.77. The maximum Gasteiger partial charge on any atom is 0.307 e. The summed E-state index contributed by atoms with van der Waals surface area (Å²) in [4.78, 5) is 10.6. The molecule has 1 fully saturated rings. The summed E-state index contributed by atoms with van der Waals surface area (Å²) in [6.45, 7) is 5.23. The predicted molar refractivity (Wildman–Crippen MR) is 35.2 cm³/mol. The number of esters is 1. The van der Waals surface area contributed by atoms with Crippen molar-refractivity contribution in [1.29, 1.82) is 0 Å². The van der Waals surface area contributed by atoms with Crippen LogP contribution in [0.5, 0.6) is 0 Å². The van der Waals surface area contributed by atoms with Crippen LogP contribution in [0.1, 0.15) is 13.3 Å². The Hall–Kier alpha value is -0.830. The average Bonchev–Trinajstić information content (AvgIpc) is 2.67. The molecular weight excluding hydrogens is 132 g/mol. The molecule has 0 aromatic carbocycles. The van der Waals surface area contributed by atoms with Gasteiger partial charge in [0.1, 0.15) is 6.10 Å². The van der Waals surface area contributed by atoms with E-state index in [-0.39, 0.29) is 18.4 Å². The number of epoxide rings is 1. The van der Waals surface area contributed by atoms with Crippen molar-refractivity contribution in [3.8, 4) is 0 Å². The van der Waals surface area contributed by atoms with E-state index in [4.69, 9.17) is 9.47 Å². The Bertz CT molecular complexity index is 153. The van der Waals surface area contributed by atoms with Gasteiger partial charge in [0, 0.05) is 6.42 Å². The van der Waals surface area contributed by atoms with Crippen molar-refractivity contribution >= 4 is 5.97 Å². The smallest absolute Gasteiger partial charge is 0.307 e. The Morgan fingerprint density at radius 1 is 1.90 bits per heavy atom. The van der Waals surface area contributed by atoms with Crippen molar-refractivity contribution in [3.63, 3.8) is 0 Å². The summed E-state index contributed by atoms with van der Waals surface area (Å²) in [6.07, 6.45) is 1.58. The first-order valence-electron chi connectivity index (χ1n) is 3.25. The number of ether oxygens (including phenoxy) is 2. The average molecular weight is 142 g/mol. The van der Waals surface area contributed by atoms with E-state index < -0.39 is 0 Å². The highest BCUT2D eigenvalue weighted by atomic mass is 16.8. The van der Waals surface area contributed by atoms with Gasteiger partial charge < -0.3 is 9.47 Å². The van der Waals surface area contributed by atoms with Crippen LogP contribution in [0.3, 0.4) is 0 Å². The van der Waals surface area contributed by atoms with Crippen LogP contribution in [0.25, 0.3) is 0 Å². The van der Waals surface area contributed by atoms with Crippen molar-refractivity contribution in [3.05, 3.63) is 12.7 Å². The Balaban J connectivity index is 2.17. The van der Waals surface area contributed by atoms with Crippen LogP contribution in [0.2, 0.25) is 0 Å². The second-order valence-corrected chi connectivity index (χ2v) is 2.05. The number of carbonyl (C=O) groups is 1. The summed E-state index contributed by atoms with van der Waals surface area (Å²) in [6, 6.07) is 0. The van der Waals surface area contributed by atoms with Crippen molar-refractivity contribution in [2.45, 2.75) is 25.7 Å². The molecular formula is C7H10O3. The maximum atomic E-state index is 10.6. The molecule has 0 bridgehead atoms. The molecule has 0 aromatic heterocycles. The van der Waals surface area contributed by atoms with Gasteiger partial charge in [-0.25, -0.2) is 0 Å². The number of hydrogen-bond donors (Lipinski definition) is 0. The zero-order valence-corrected chi connectivity index (χ0v) is 5.87. The third-order valence-corrected chi connectivity index (χ3v) is 1.25. The molecule has 56 valence electrons. The molecule has 0 N–H and O–H groups in total. The monoisotopic (exact) mass is 142 g/mol. The Morgan fingerprint density at radius 2 is 2.60 bits per heavy atom. The molecule has 1 aliphatic rings. The lowest BCUT2D eigenvalue weighted by atomic mass is 10.4. The summed E-state index contributed by atoms with van der Waals surface area (Å²) in [5.74, 6) is -0.227. The van der Waals surface area contributed by atoms with Crippen LogP contribution < -0.4 is 0 Å². The highest BCUT2D eigenvalue weighted by molar-refractivity contribution is 5.69. The van der Waals surface area contributed by atoms with Crippen molar-refractivity contribution in [2.24, 2.45) is 0 Å². The zero-order chi connectivity index (χ0) is 7.56. The topological polar surface area (TPSA) is 38.8 Å². The normalized spacial score (nSPS) is 29.3. The van der Waals surface area contributed by atoms with Gasteiger partial charge in [-0.1, -0.05) is 13.0 Å². The second kappa shape index (κ2) is 2.84. The zero-order valence-electron chi connectivity index (χ0n) is 5.87. The molecule has 1 aliphatic heterocycles. The van der Waals surface area contributed by atoms with Crippen LogP contribution in [0, 0.1) is 0 Å². The SMILES string of the molecule is C=CC1OC1OC(=O)CC. The highest BCUT2D eigenvalue weighted by Crippen LogP contribution is 2.23. The van der Waals surface area contributed by atoms with Gasteiger partial charge in [-0.3, -0.25) is 4.79 Å². The first kappa shape index (κ1) is 7.28. The van der Waals surface area contributed by atoms with Gasteiger partial charge in [0.2, 0.25) is 6.29 Å². The highest BCUT2D eigenvalue weighted by Gasteiger charge is 2.39. The van der Waals surface area contributed by atoms with Crippen LogP contribution in [0.15, 0.2) is 12.7 Å². The summed E-state index contributed by atoms with van der Waals surface area (Å²) < 4.78 is 9.66. The lowest BCUT2D eigenvalue weighted by Crippen LogP contribution is -2.06. The molecule has 2 unspecified atom stereocenters. The van der Waals surface area contributed by atoms with E-state index in [1.165, 1.54) is 0 Å². The van der Waals surface area contributed by atoms with Gasteiger partial charge in [0.15, 0.2) is 0 Å². The molecule has 0 amide bonds. The quantitative estimate of drug-likeness (QED) is 0.333. The summed E-state index contributed by atoms with van der Waals surface area (Å²) >= 11 is 0. The molecule has 3 heteroatoms. The molecule has 2 atom stereocenters. The van der Waals surface area contributed by atoms with Gasteiger partial charge in [-0.05, 0) is 0 Å². The van der Waals surface area contributed by atoms with Gasteiger partial charge in [0.25, 0.3) is 0 Å². The standard InChI is InChI=1S/C7H10O3/c1-3-5-7(9-5)10-6(8)4-2/h3,5,7H,1,4H2,2H3. The third kappa shape index (κ3) is 1.57. The Labute approximate surface area is 59.6 Å². The molecule has 0 spiro atoms. The van der Waals surface area contributed by atoms with Crippen LogP contribution >= 0.6 is 0 Å². The van der Waals surface area contributed by atoms with E-state index in [0.29, 0.717) is 6.42 Å². The Kier molecular flexibility index (Phi) is 2.06. The lowest BCUT2D eigenvalue weighted by Gasteiger charge is -1.94. The summed E-state index contributed by atoms with van der Waals surface area (Å²) in [5, 5.41) is 0. The Morgan fingerprint density at radius 3 is 3.00 bits per heavy atom. The van der Waals surface area contributed by atoms with Gasteiger partial charge in [-0.15, -0.1) is 6.58 Å². The first-order valence-corrected chi connectivity index (χ1v) is 3.25. The van der Waals surface area contributed by atoms with E-state index in [2.05, 4.69) is 6.58 Å². The molecule has 0 radical (unpaired) electrons. The van der Waals surface area contributed by atoms with Gasteiger partial charge in [0.05, 0.1) is 0 Å². The number of hydrogen-bond acceptors (Lipinski definition) is 3. The van der Waals surface area contributed by atoms with Crippen molar-refractivity contribution in [1.82, 2.24) is 0 Å². The van der Waals surface area contributed by atoms with Gasteiger partial charge >= 0.3 is 5.97 Å². The molecule has 0 aliphatic carbocycles. The van der Waals surface area contributed by atoms with E-state index >= 15 is 0 Å². The van der Waals surface area contributed by atoms with Crippen LogP contribution in [-0.2, 0) is 14.3 Å². The molecule has 1 heterocycles. The van der Waals surface area contributed by atoms with E-state index in [1.54, 1.807) is 13.0 Å².